The number of thiocarbonyl (C=S) groups is 1. The number of halogens is 3. The summed E-state index contributed by atoms with van der Waals surface area (Å²) in [6.45, 7) is 3.93. The molecule has 196 valence electrons. The van der Waals surface area contributed by atoms with E-state index < -0.39 is 6.36 Å². The first-order valence-corrected chi connectivity index (χ1v) is 11.7. The molecule has 1 N–H and O–H groups in total. The van der Waals surface area contributed by atoms with Crippen molar-refractivity contribution in [1.29, 1.82) is 0 Å². The quantitative estimate of drug-likeness (QED) is 0.164. The van der Waals surface area contributed by atoms with Crippen LogP contribution in [-0.2, 0) is 0 Å². The van der Waals surface area contributed by atoms with Crippen molar-refractivity contribution in [2.45, 2.75) is 20.2 Å². The largest absolute Gasteiger partial charge is 0.573 e. The zero-order chi connectivity index (χ0) is 27.3. The van der Waals surface area contributed by atoms with Crippen LogP contribution in [0.25, 0.3) is 17.1 Å². The first kappa shape index (κ1) is 26.6. The fourth-order valence-corrected chi connectivity index (χ4v) is 3.90. The topological polar surface area (TPSA) is 76.8 Å². The van der Waals surface area contributed by atoms with Gasteiger partial charge in [0.05, 0.1) is 30.2 Å². The van der Waals surface area contributed by atoms with Crippen LogP contribution in [0.15, 0.2) is 72.1 Å². The maximum atomic E-state index is 12.4. The van der Waals surface area contributed by atoms with Gasteiger partial charge in [-0.1, -0.05) is 36.5 Å². The van der Waals surface area contributed by atoms with Crippen LogP contribution in [0.4, 0.5) is 18.9 Å². The number of hydrogen-bond donors (Lipinski definition) is 1. The predicted octanol–water partition coefficient (Wildman–Crippen LogP) is 5.76. The fraction of sp³-hybridized carbons (Fsp3) is 0.154. The number of ether oxygens (including phenoxy) is 2. The number of alkyl halides is 3. The number of aromatic nitrogens is 3. The number of benzene rings is 3. The maximum Gasteiger partial charge on any atom is 0.573 e. The molecule has 0 unspecified atom stereocenters. The van der Waals surface area contributed by atoms with Crippen LogP contribution in [-0.4, -0.2) is 39.9 Å². The van der Waals surface area contributed by atoms with Crippen LogP contribution in [0.5, 0.6) is 11.5 Å². The molecule has 1 aromatic heterocycles. The van der Waals surface area contributed by atoms with E-state index in [4.69, 9.17) is 17.0 Å². The summed E-state index contributed by atoms with van der Waals surface area (Å²) in [6.07, 6.45) is -1.61. The third-order valence-corrected chi connectivity index (χ3v) is 5.63. The van der Waals surface area contributed by atoms with Gasteiger partial charge in [0.15, 0.2) is 5.82 Å². The van der Waals surface area contributed by atoms with Gasteiger partial charge in [-0.3, -0.25) is 0 Å². The van der Waals surface area contributed by atoms with Crippen molar-refractivity contribution in [1.82, 2.24) is 20.3 Å². The van der Waals surface area contributed by atoms with Gasteiger partial charge in [-0.15, -0.1) is 18.3 Å². The second-order valence-electron chi connectivity index (χ2n) is 8.12. The van der Waals surface area contributed by atoms with Crippen molar-refractivity contribution >= 4 is 29.6 Å². The van der Waals surface area contributed by atoms with Crippen LogP contribution in [0.1, 0.15) is 16.7 Å². The molecule has 0 saturated carbocycles. The summed E-state index contributed by atoms with van der Waals surface area (Å²) in [5.41, 5.74) is 9.39. The minimum absolute atomic E-state index is 0.309. The molecule has 0 radical (unpaired) electrons. The molecule has 4 aromatic rings. The lowest BCUT2D eigenvalue weighted by atomic mass is 10.1. The van der Waals surface area contributed by atoms with Gasteiger partial charge >= 0.3 is 6.36 Å². The van der Waals surface area contributed by atoms with Crippen molar-refractivity contribution < 1.29 is 22.6 Å². The summed E-state index contributed by atoms with van der Waals surface area (Å²) >= 11 is 5.17. The van der Waals surface area contributed by atoms with E-state index in [1.165, 1.54) is 40.8 Å². The first-order valence-electron chi connectivity index (χ1n) is 11.2. The molecular weight excluding hydrogens is 517 g/mol. The number of anilines is 1. The van der Waals surface area contributed by atoms with Gasteiger partial charge in [-0.05, 0) is 66.9 Å². The number of hydrazone groups is 1. The number of methoxy groups -OCH3 is 1. The lowest BCUT2D eigenvalue weighted by molar-refractivity contribution is -0.274. The highest BCUT2D eigenvalue weighted by molar-refractivity contribution is 7.79. The maximum absolute atomic E-state index is 12.4. The van der Waals surface area contributed by atoms with E-state index in [0.29, 0.717) is 11.5 Å². The number of nitrogens with one attached hydrogen (secondary N) is 1. The van der Waals surface area contributed by atoms with E-state index in [2.05, 4.69) is 25.5 Å². The Kier molecular flexibility index (Phi) is 7.91. The number of aryl methyl sites for hydroxylation is 2. The van der Waals surface area contributed by atoms with Gasteiger partial charge in [-0.25, -0.2) is 20.2 Å². The molecule has 0 saturated heterocycles. The molecule has 0 atom stereocenters. The second-order valence-corrected chi connectivity index (χ2v) is 8.33. The van der Waals surface area contributed by atoms with Crippen LogP contribution in [0, 0.1) is 13.8 Å². The van der Waals surface area contributed by atoms with Crippen molar-refractivity contribution in [3.05, 3.63) is 83.7 Å². The van der Waals surface area contributed by atoms with E-state index in [0.717, 1.165) is 33.7 Å². The summed E-state index contributed by atoms with van der Waals surface area (Å²) in [4.78, 5) is 4.30. The molecule has 3 aromatic carbocycles. The minimum Gasteiger partial charge on any atom is -0.497 e. The Hall–Kier alpha value is -4.45. The van der Waals surface area contributed by atoms with Gasteiger partial charge in [-0.2, -0.15) is 5.10 Å². The summed E-state index contributed by atoms with van der Waals surface area (Å²) in [7, 11) is 1.62. The molecule has 4 rings (SSSR count). The average molecular weight is 541 g/mol. The van der Waals surface area contributed by atoms with Crippen molar-refractivity contribution in [2.24, 2.45) is 5.10 Å². The Morgan fingerprint density at radius 3 is 2.24 bits per heavy atom. The summed E-state index contributed by atoms with van der Waals surface area (Å²) < 4.78 is 47.7. The number of hydrazine groups is 1. The monoisotopic (exact) mass is 540 g/mol. The lowest BCUT2D eigenvalue weighted by Gasteiger charge is -2.22. The predicted molar refractivity (Wildman–Crippen MR) is 143 cm³/mol. The SMILES string of the molecule is COc1cc(C)c(N(C=S)N/N=C/c2ccc(-c3ncn(-c4ccc(OC(F)(F)F)cc4)n3)cc2)c(C)c1. The molecule has 1 heterocycles. The molecule has 0 amide bonds. The van der Waals surface area contributed by atoms with Crippen molar-refractivity contribution in [3.63, 3.8) is 0 Å². The van der Waals surface area contributed by atoms with Crippen LogP contribution >= 0.6 is 12.2 Å². The van der Waals surface area contributed by atoms with Crippen LogP contribution in [0.2, 0.25) is 0 Å². The fourth-order valence-electron chi connectivity index (χ4n) is 3.74. The normalized spacial score (nSPS) is 11.4. The third kappa shape index (κ3) is 6.45. The Bertz CT molecular complexity index is 1410. The zero-order valence-corrected chi connectivity index (χ0v) is 21.4. The van der Waals surface area contributed by atoms with Gasteiger partial charge in [0.1, 0.15) is 17.8 Å². The van der Waals surface area contributed by atoms with E-state index in [9.17, 15) is 13.2 Å². The molecular formula is C26H23F3N6O2S. The highest BCUT2D eigenvalue weighted by Crippen LogP contribution is 2.28. The lowest BCUT2D eigenvalue weighted by Crippen LogP contribution is -2.33. The Labute approximate surface area is 222 Å². The Morgan fingerprint density at radius 1 is 1.00 bits per heavy atom. The minimum atomic E-state index is -4.74. The molecule has 12 heteroatoms. The molecule has 0 aliphatic carbocycles. The van der Waals surface area contributed by atoms with Crippen LogP contribution in [0.3, 0.4) is 0 Å². The number of rotatable bonds is 9. The molecule has 0 aliphatic rings. The molecule has 38 heavy (non-hydrogen) atoms. The van der Waals surface area contributed by atoms with Crippen LogP contribution < -0.4 is 20.0 Å². The highest BCUT2D eigenvalue weighted by atomic mass is 32.1. The third-order valence-electron chi connectivity index (χ3n) is 5.42. The van der Waals surface area contributed by atoms with Crippen molar-refractivity contribution in [2.75, 3.05) is 12.1 Å². The summed E-state index contributed by atoms with van der Waals surface area (Å²) in [5, 5.41) is 10.4. The smallest absolute Gasteiger partial charge is 0.497 e. The van der Waals surface area contributed by atoms with E-state index in [1.807, 2.05) is 50.2 Å². The van der Waals surface area contributed by atoms with Gasteiger partial charge in [0, 0.05) is 5.56 Å². The summed E-state index contributed by atoms with van der Waals surface area (Å²) in [6, 6.07) is 16.6. The summed E-state index contributed by atoms with van der Waals surface area (Å²) in [5.74, 6) is 0.917. The van der Waals surface area contributed by atoms with Crippen molar-refractivity contribution in [3.8, 4) is 28.6 Å². The number of hydrogen-bond acceptors (Lipinski definition) is 7. The van der Waals surface area contributed by atoms with Gasteiger partial charge in [0.2, 0.25) is 0 Å². The van der Waals surface area contributed by atoms with Gasteiger partial charge < -0.3 is 9.47 Å². The average Bonchev–Trinajstić information content (AvgIpc) is 3.37. The standard InChI is InChI=1S/C26H23F3N6O2S/c1-17-12-23(36-3)13-18(2)24(17)35(16-38)33-31-14-19-4-6-20(7-5-19)25-30-15-34(32-25)21-8-10-22(11-9-21)37-26(27,28)29/h4-16,33H,1-3H3/b31-14+. The zero-order valence-electron chi connectivity index (χ0n) is 20.6. The molecule has 0 spiro atoms. The van der Waals surface area contributed by atoms with Gasteiger partial charge in [0.25, 0.3) is 0 Å². The molecule has 8 nitrogen and oxygen atoms in total. The van der Waals surface area contributed by atoms with E-state index in [1.54, 1.807) is 18.3 Å². The Morgan fingerprint density at radius 2 is 1.66 bits per heavy atom. The first-order chi connectivity index (χ1) is 18.2. The second kappa shape index (κ2) is 11.3. The molecule has 0 aliphatic heterocycles. The Balaban J connectivity index is 1.41. The van der Waals surface area contributed by atoms with E-state index in [-0.39, 0.29) is 5.75 Å². The van der Waals surface area contributed by atoms with E-state index >= 15 is 0 Å². The highest BCUT2D eigenvalue weighted by Gasteiger charge is 2.31. The molecule has 0 fully saturated rings. The number of nitrogens with zero attached hydrogens (tertiary/aromatic N) is 5. The molecule has 0 bridgehead atoms.